The summed E-state index contributed by atoms with van der Waals surface area (Å²) in [5.74, 6) is 2.25. The number of anilines is 1. The van der Waals surface area contributed by atoms with Crippen molar-refractivity contribution in [3.8, 4) is 11.3 Å². The van der Waals surface area contributed by atoms with E-state index in [4.69, 9.17) is 4.98 Å². The summed E-state index contributed by atoms with van der Waals surface area (Å²) < 4.78 is 41.8. The van der Waals surface area contributed by atoms with Gasteiger partial charge in [0.2, 0.25) is 0 Å². The van der Waals surface area contributed by atoms with Crippen molar-refractivity contribution in [2.75, 3.05) is 38.6 Å². The van der Waals surface area contributed by atoms with Crippen LogP contribution in [0.5, 0.6) is 0 Å². The van der Waals surface area contributed by atoms with Gasteiger partial charge in [0.05, 0.1) is 5.69 Å². The van der Waals surface area contributed by atoms with E-state index in [2.05, 4.69) is 29.3 Å². The molecule has 10 heteroatoms. The van der Waals surface area contributed by atoms with Crippen molar-refractivity contribution in [2.45, 2.75) is 50.7 Å². The first-order chi connectivity index (χ1) is 16.8. The van der Waals surface area contributed by atoms with Crippen molar-refractivity contribution in [2.24, 2.45) is 0 Å². The van der Waals surface area contributed by atoms with Crippen LogP contribution in [0.25, 0.3) is 11.3 Å². The lowest BCUT2D eigenvalue weighted by molar-refractivity contribution is -0.141. The fourth-order valence-electron chi connectivity index (χ4n) is 5.09. The van der Waals surface area contributed by atoms with Crippen molar-refractivity contribution in [1.82, 2.24) is 29.4 Å². The average Bonchev–Trinajstić information content (AvgIpc) is 3.50. The Labute approximate surface area is 203 Å². The molecule has 0 bridgehead atoms. The molecule has 5 rings (SSSR count). The number of halogens is 3. The molecule has 3 aromatic rings. The second kappa shape index (κ2) is 9.56. The quantitative estimate of drug-likeness (QED) is 0.522. The minimum absolute atomic E-state index is 0.237. The molecule has 1 aliphatic carbocycles. The SMILES string of the molecule is CN(C)CCn1cc(-c2ccnc(C(F)(F)F)c2)nc1C1CCN(c2ncnc3c2CCC3)CC1. The van der Waals surface area contributed by atoms with Gasteiger partial charge in [-0.1, -0.05) is 0 Å². The van der Waals surface area contributed by atoms with Crippen LogP contribution in [0.2, 0.25) is 0 Å². The Hall–Kier alpha value is -3.01. The molecule has 35 heavy (non-hydrogen) atoms. The van der Waals surface area contributed by atoms with Gasteiger partial charge < -0.3 is 14.4 Å². The fourth-order valence-corrected chi connectivity index (χ4v) is 5.09. The van der Waals surface area contributed by atoms with Gasteiger partial charge in [0, 0.05) is 61.3 Å². The third-order valence-electron chi connectivity index (χ3n) is 6.95. The molecular weight excluding hydrogens is 455 g/mol. The molecule has 0 radical (unpaired) electrons. The molecule has 7 nitrogen and oxygen atoms in total. The van der Waals surface area contributed by atoms with Crippen LogP contribution >= 0.6 is 0 Å². The lowest BCUT2D eigenvalue weighted by Crippen LogP contribution is -2.35. The normalized spacial score (nSPS) is 16.8. The summed E-state index contributed by atoms with van der Waals surface area (Å²) in [7, 11) is 4.02. The van der Waals surface area contributed by atoms with E-state index in [1.807, 2.05) is 20.3 Å². The number of likely N-dealkylation sites (N-methyl/N-ethyl adjacent to an activating group) is 1. The highest BCUT2D eigenvalue weighted by molar-refractivity contribution is 5.59. The van der Waals surface area contributed by atoms with Gasteiger partial charge in [-0.3, -0.25) is 4.98 Å². The van der Waals surface area contributed by atoms with E-state index in [-0.39, 0.29) is 5.92 Å². The Morgan fingerprint density at radius 1 is 1.09 bits per heavy atom. The Morgan fingerprint density at radius 2 is 1.89 bits per heavy atom. The van der Waals surface area contributed by atoms with Crippen molar-refractivity contribution in [1.29, 1.82) is 0 Å². The van der Waals surface area contributed by atoms with E-state index in [9.17, 15) is 13.2 Å². The summed E-state index contributed by atoms with van der Waals surface area (Å²) in [6.45, 7) is 3.29. The van der Waals surface area contributed by atoms with Gasteiger partial charge in [0.1, 0.15) is 23.7 Å². The second-order valence-electron chi connectivity index (χ2n) is 9.65. The van der Waals surface area contributed by atoms with Gasteiger partial charge in [0.25, 0.3) is 0 Å². The molecule has 2 aliphatic rings. The molecule has 1 aliphatic heterocycles. The molecule has 1 fully saturated rings. The van der Waals surface area contributed by atoms with E-state index in [1.165, 1.54) is 17.5 Å². The van der Waals surface area contributed by atoms with Gasteiger partial charge in [-0.15, -0.1) is 0 Å². The molecule has 0 spiro atoms. The molecule has 186 valence electrons. The van der Waals surface area contributed by atoms with E-state index in [1.54, 1.807) is 12.4 Å². The number of aromatic nitrogens is 5. The predicted octanol–water partition coefficient (Wildman–Crippen LogP) is 4.19. The zero-order valence-electron chi connectivity index (χ0n) is 20.1. The Bertz CT molecular complexity index is 1180. The summed E-state index contributed by atoms with van der Waals surface area (Å²) in [4.78, 5) is 21.9. The molecule has 0 saturated carbocycles. The van der Waals surface area contributed by atoms with Gasteiger partial charge in [-0.05, 0) is 58.3 Å². The lowest BCUT2D eigenvalue weighted by Gasteiger charge is -2.33. The second-order valence-corrected chi connectivity index (χ2v) is 9.65. The number of aryl methyl sites for hydroxylation is 1. The number of rotatable bonds is 6. The minimum Gasteiger partial charge on any atom is -0.356 e. The molecule has 3 aromatic heterocycles. The molecule has 0 N–H and O–H groups in total. The van der Waals surface area contributed by atoms with E-state index in [0.29, 0.717) is 11.3 Å². The van der Waals surface area contributed by atoms with Gasteiger partial charge in [0.15, 0.2) is 0 Å². The zero-order chi connectivity index (χ0) is 24.6. The number of imidazole rings is 1. The summed E-state index contributed by atoms with van der Waals surface area (Å²) in [5.41, 5.74) is 2.56. The first-order valence-electron chi connectivity index (χ1n) is 12.1. The Morgan fingerprint density at radius 3 is 2.63 bits per heavy atom. The molecule has 0 aromatic carbocycles. The highest BCUT2D eigenvalue weighted by atomic mass is 19.4. The van der Waals surface area contributed by atoms with Gasteiger partial charge >= 0.3 is 6.18 Å². The molecule has 4 heterocycles. The van der Waals surface area contributed by atoms with Crippen molar-refractivity contribution in [3.63, 3.8) is 0 Å². The number of piperidine rings is 1. The summed E-state index contributed by atoms with van der Waals surface area (Å²) in [5, 5.41) is 0. The van der Waals surface area contributed by atoms with E-state index < -0.39 is 11.9 Å². The maximum atomic E-state index is 13.2. The van der Waals surface area contributed by atoms with E-state index >= 15 is 0 Å². The summed E-state index contributed by atoms with van der Waals surface area (Å²) >= 11 is 0. The summed E-state index contributed by atoms with van der Waals surface area (Å²) in [6, 6.07) is 2.68. The molecule has 0 unspecified atom stereocenters. The number of fused-ring (bicyclic) bond motifs is 1. The fraction of sp³-hybridized carbons (Fsp3) is 0.520. The van der Waals surface area contributed by atoms with Crippen molar-refractivity contribution >= 4 is 5.82 Å². The van der Waals surface area contributed by atoms with Crippen LogP contribution in [-0.4, -0.2) is 63.1 Å². The number of hydrogen-bond donors (Lipinski definition) is 0. The topological polar surface area (TPSA) is 63.0 Å². The van der Waals surface area contributed by atoms with Crippen LogP contribution in [0.3, 0.4) is 0 Å². The van der Waals surface area contributed by atoms with Crippen LogP contribution in [0.15, 0.2) is 30.9 Å². The first kappa shape index (κ1) is 23.7. The molecule has 0 atom stereocenters. The standard InChI is InChI=1S/C25H30F3N7/c1-33(2)12-13-35-15-21(18-6-9-29-22(14-18)25(26,27)28)32-23(35)17-7-10-34(11-8-17)24-19-4-3-5-20(19)30-16-31-24/h6,9,14-17H,3-5,7-8,10-13H2,1-2H3. The number of pyridine rings is 1. The van der Waals surface area contributed by atoms with Crippen LogP contribution in [-0.2, 0) is 25.6 Å². The number of hydrogen-bond acceptors (Lipinski definition) is 6. The zero-order valence-corrected chi connectivity index (χ0v) is 20.1. The lowest BCUT2D eigenvalue weighted by atomic mass is 9.95. The monoisotopic (exact) mass is 485 g/mol. The van der Waals surface area contributed by atoms with Gasteiger partial charge in [-0.2, -0.15) is 13.2 Å². The van der Waals surface area contributed by atoms with E-state index in [0.717, 1.165) is 76.0 Å². The maximum Gasteiger partial charge on any atom is 0.433 e. The molecule has 0 amide bonds. The minimum atomic E-state index is -4.49. The predicted molar refractivity (Wildman–Crippen MR) is 127 cm³/mol. The largest absolute Gasteiger partial charge is 0.433 e. The average molecular weight is 486 g/mol. The first-order valence-corrected chi connectivity index (χ1v) is 12.1. The smallest absolute Gasteiger partial charge is 0.356 e. The number of alkyl halides is 3. The highest BCUT2D eigenvalue weighted by Crippen LogP contribution is 2.35. The van der Waals surface area contributed by atoms with Crippen LogP contribution in [0.1, 0.15) is 48.0 Å². The summed E-state index contributed by atoms with van der Waals surface area (Å²) in [6.07, 6.45) is 5.31. The maximum absolute atomic E-state index is 13.2. The van der Waals surface area contributed by atoms with Crippen LogP contribution in [0, 0.1) is 0 Å². The molecular formula is C25H30F3N7. The third-order valence-corrected chi connectivity index (χ3v) is 6.95. The third kappa shape index (κ3) is 5.03. The van der Waals surface area contributed by atoms with Crippen LogP contribution in [0.4, 0.5) is 19.0 Å². The van der Waals surface area contributed by atoms with Gasteiger partial charge in [-0.25, -0.2) is 15.0 Å². The molecule has 1 saturated heterocycles. The van der Waals surface area contributed by atoms with Crippen LogP contribution < -0.4 is 4.90 Å². The van der Waals surface area contributed by atoms with Crippen molar-refractivity contribution < 1.29 is 13.2 Å². The number of nitrogens with zero attached hydrogens (tertiary/aromatic N) is 7. The van der Waals surface area contributed by atoms with Crippen molar-refractivity contribution in [3.05, 3.63) is 53.6 Å². The Kier molecular flexibility index (Phi) is 6.48. The highest BCUT2D eigenvalue weighted by Gasteiger charge is 2.33. The Balaban J connectivity index is 1.38.